The van der Waals surface area contributed by atoms with Crippen LogP contribution in [0.5, 0.6) is 0 Å². The summed E-state index contributed by atoms with van der Waals surface area (Å²) in [6, 6.07) is 7.03. The molecule has 0 spiro atoms. The second-order valence-corrected chi connectivity index (χ2v) is 6.06. The van der Waals surface area contributed by atoms with E-state index >= 15 is 0 Å². The zero-order chi connectivity index (χ0) is 14.8. The maximum atomic E-state index is 12.3. The Kier molecular flexibility index (Phi) is 4.12. The summed E-state index contributed by atoms with van der Waals surface area (Å²) in [7, 11) is 0. The summed E-state index contributed by atoms with van der Waals surface area (Å²) in [4.78, 5) is 25.9. The zero-order valence-electron chi connectivity index (χ0n) is 11.6. The molecular formula is C15H18ClN3O2. The van der Waals surface area contributed by atoms with Crippen molar-refractivity contribution in [1.29, 1.82) is 0 Å². The molecule has 0 saturated carbocycles. The van der Waals surface area contributed by atoms with Crippen LogP contribution in [0.1, 0.15) is 12.0 Å². The summed E-state index contributed by atoms with van der Waals surface area (Å²) in [5, 5.41) is 6.65. The standard InChI is InChI=1S/C15H18ClN3O2/c16-13-4-2-1-3-11(13)8-18-15(21)19-9-10-5-12(14(19)20)7-17-6-10/h1-4,10,12,17H,5-9H2,(H,18,21). The van der Waals surface area contributed by atoms with Crippen LogP contribution in [0.2, 0.25) is 5.02 Å². The normalized spacial score (nSPS) is 24.8. The summed E-state index contributed by atoms with van der Waals surface area (Å²) in [6.07, 6.45) is 0.889. The van der Waals surface area contributed by atoms with Gasteiger partial charge >= 0.3 is 6.03 Å². The van der Waals surface area contributed by atoms with Crippen LogP contribution in [-0.4, -0.2) is 36.5 Å². The molecule has 1 aromatic carbocycles. The molecule has 3 rings (SSSR count). The number of imide groups is 1. The molecule has 2 atom stereocenters. The maximum absolute atomic E-state index is 12.3. The Balaban J connectivity index is 1.63. The molecule has 6 heteroatoms. The van der Waals surface area contributed by atoms with Crippen LogP contribution in [0.4, 0.5) is 4.79 Å². The topological polar surface area (TPSA) is 61.4 Å². The van der Waals surface area contributed by atoms with Crippen molar-refractivity contribution in [1.82, 2.24) is 15.5 Å². The van der Waals surface area contributed by atoms with E-state index in [4.69, 9.17) is 11.6 Å². The van der Waals surface area contributed by atoms with E-state index in [0.29, 0.717) is 30.6 Å². The monoisotopic (exact) mass is 307 g/mol. The Hall–Kier alpha value is -1.59. The van der Waals surface area contributed by atoms with Crippen LogP contribution in [0.3, 0.4) is 0 Å². The van der Waals surface area contributed by atoms with Crippen LogP contribution in [0.25, 0.3) is 0 Å². The number of hydrogen-bond donors (Lipinski definition) is 2. The molecule has 0 aromatic heterocycles. The average Bonchev–Trinajstić information content (AvgIpc) is 2.50. The largest absolute Gasteiger partial charge is 0.333 e. The van der Waals surface area contributed by atoms with E-state index < -0.39 is 0 Å². The van der Waals surface area contributed by atoms with E-state index in [2.05, 4.69) is 10.6 Å². The highest BCUT2D eigenvalue weighted by Gasteiger charge is 2.39. The van der Waals surface area contributed by atoms with Crippen LogP contribution in [0, 0.1) is 11.8 Å². The van der Waals surface area contributed by atoms with Gasteiger partial charge in [-0.15, -0.1) is 0 Å². The summed E-state index contributed by atoms with van der Waals surface area (Å²) < 4.78 is 0. The molecule has 2 aliphatic heterocycles. The van der Waals surface area contributed by atoms with Gasteiger partial charge in [0, 0.05) is 24.7 Å². The van der Waals surface area contributed by atoms with Crippen molar-refractivity contribution in [2.24, 2.45) is 11.8 Å². The van der Waals surface area contributed by atoms with E-state index in [9.17, 15) is 9.59 Å². The van der Waals surface area contributed by atoms with E-state index in [1.54, 1.807) is 6.07 Å². The quantitative estimate of drug-likeness (QED) is 0.873. The minimum absolute atomic E-state index is 0.0661. The Bertz CT molecular complexity index is 564. The van der Waals surface area contributed by atoms with Gasteiger partial charge in [0.05, 0.1) is 5.92 Å². The third-order valence-electron chi connectivity index (χ3n) is 4.13. The number of carbonyl (C=O) groups excluding carboxylic acids is 2. The van der Waals surface area contributed by atoms with Gasteiger partial charge in [0.2, 0.25) is 5.91 Å². The Morgan fingerprint density at radius 2 is 2.19 bits per heavy atom. The number of piperidine rings is 2. The smallest absolute Gasteiger partial charge is 0.324 e. The number of halogens is 1. The molecule has 2 N–H and O–H groups in total. The fourth-order valence-corrected chi connectivity index (χ4v) is 3.22. The summed E-state index contributed by atoms with van der Waals surface area (Å²) in [5.74, 6) is 0.228. The van der Waals surface area contributed by atoms with Gasteiger partial charge in [-0.1, -0.05) is 29.8 Å². The highest BCUT2D eigenvalue weighted by Crippen LogP contribution is 2.25. The predicted octanol–water partition coefficient (Wildman–Crippen LogP) is 1.62. The van der Waals surface area contributed by atoms with Gasteiger partial charge in [0.15, 0.2) is 0 Å². The number of benzene rings is 1. The van der Waals surface area contributed by atoms with Gasteiger partial charge in [-0.3, -0.25) is 9.69 Å². The fraction of sp³-hybridized carbons (Fsp3) is 0.467. The average molecular weight is 308 g/mol. The number of hydrogen-bond acceptors (Lipinski definition) is 3. The Morgan fingerprint density at radius 1 is 1.38 bits per heavy atom. The lowest BCUT2D eigenvalue weighted by Crippen LogP contribution is -2.58. The second kappa shape index (κ2) is 6.03. The number of fused-ring (bicyclic) bond motifs is 2. The van der Waals surface area contributed by atoms with Crippen LogP contribution >= 0.6 is 11.6 Å². The first-order chi connectivity index (χ1) is 10.1. The molecule has 112 valence electrons. The van der Waals surface area contributed by atoms with Crippen LogP contribution < -0.4 is 10.6 Å². The van der Waals surface area contributed by atoms with Crippen molar-refractivity contribution >= 4 is 23.5 Å². The van der Waals surface area contributed by atoms with Crippen LogP contribution in [-0.2, 0) is 11.3 Å². The number of carbonyl (C=O) groups is 2. The third-order valence-corrected chi connectivity index (χ3v) is 4.50. The Labute approximate surface area is 128 Å². The lowest BCUT2D eigenvalue weighted by Gasteiger charge is -2.39. The molecule has 2 unspecified atom stereocenters. The van der Waals surface area contributed by atoms with Gasteiger partial charge in [-0.25, -0.2) is 4.79 Å². The summed E-state index contributed by atoms with van der Waals surface area (Å²) in [6.45, 7) is 2.37. The van der Waals surface area contributed by atoms with E-state index in [1.165, 1.54) is 4.90 Å². The lowest BCUT2D eigenvalue weighted by atomic mass is 9.85. The Morgan fingerprint density at radius 3 is 3.00 bits per heavy atom. The number of nitrogens with one attached hydrogen (secondary N) is 2. The summed E-state index contributed by atoms with van der Waals surface area (Å²) in [5.41, 5.74) is 0.846. The van der Waals surface area contributed by atoms with E-state index in [1.807, 2.05) is 18.2 Å². The number of likely N-dealkylation sites (tertiary alicyclic amines) is 1. The number of rotatable bonds is 2. The molecule has 5 nitrogen and oxygen atoms in total. The first-order valence-electron chi connectivity index (χ1n) is 7.18. The van der Waals surface area contributed by atoms with Gasteiger partial charge < -0.3 is 10.6 Å². The van der Waals surface area contributed by atoms with E-state index in [-0.39, 0.29) is 17.9 Å². The molecule has 2 saturated heterocycles. The van der Waals surface area contributed by atoms with Crippen molar-refractivity contribution in [3.8, 4) is 0 Å². The van der Waals surface area contributed by atoms with Crippen molar-refractivity contribution < 1.29 is 9.59 Å². The number of amides is 3. The zero-order valence-corrected chi connectivity index (χ0v) is 12.4. The summed E-state index contributed by atoms with van der Waals surface area (Å²) >= 11 is 6.06. The van der Waals surface area contributed by atoms with Crippen molar-refractivity contribution in [2.75, 3.05) is 19.6 Å². The minimum Gasteiger partial charge on any atom is -0.333 e. The van der Waals surface area contributed by atoms with Crippen LogP contribution in [0.15, 0.2) is 24.3 Å². The second-order valence-electron chi connectivity index (χ2n) is 5.66. The van der Waals surface area contributed by atoms with Gasteiger partial charge in [-0.2, -0.15) is 0 Å². The van der Waals surface area contributed by atoms with Crippen molar-refractivity contribution in [2.45, 2.75) is 13.0 Å². The third kappa shape index (κ3) is 3.04. The first kappa shape index (κ1) is 14.4. The highest BCUT2D eigenvalue weighted by atomic mass is 35.5. The molecule has 2 heterocycles. The molecule has 2 bridgehead atoms. The molecule has 21 heavy (non-hydrogen) atoms. The van der Waals surface area contributed by atoms with Gasteiger partial charge in [0.25, 0.3) is 0 Å². The molecule has 2 fully saturated rings. The fourth-order valence-electron chi connectivity index (χ4n) is 3.02. The van der Waals surface area contributed by atoms with Crippen molar-refractivity contribution in [3.05, 3.63) is 34.9 Å². The SMILES string of the molecule is O=C(NCc1ccccc1Cl)N1CC2CNCC(C2)C1=O. The maximum Gasteiger partial charge on any atom is 0.324 e. The lowest BCUT2D eigenvalue weighted by molar-refractivity contribution is -0.137. The molecule has 0 radical (unpaired) electrons. The molecular weight excluding hydrogens is 290 g/mol. The molecule has 0 aliphatic carbocycles. The number of urea groups is 1. The van der Waals surface area contributed by atoms with Gasteiger partial charge in [0.1, 0.15) is 0 Å². The first-order valence-corrected chi connectivity index (χ1v) is 7.56. The van der Waals surface area contributed by atoms with Crippen molar-refractivity contribution in [3.63, 3.8) is 0 Å². The minimum atomic E-state index is -0.323. The highest BCUT2D eigenvalue weighted by molar-refractivity contribution is 6.31. The van der Waals surface area contributed by atoms with Gasteiger partial charge in [-0.05, 0) is 30.5 Å². The molecule has 3 amide bonds. The van der Waals surface area contributed by atoms with E-state index in [0.717, 1.165) is 18.5 Å². The predicted molar refractivity (Wildman–Crippen MR) is 79.9 cm³/mol. The number of nitrogens with zero attached hydrogens (tertiary/aromatic N) is 1. The molecule has 1 aromatic rings. The molecule has 2 aliphatic rings.